The predicted molar refractivity (Wildman–Crippen MR) is 52.8 cm³/mol. The van der Waals surface area contributed by atoms with Gasteiger partial charge in [0.25, 0.3) is 0 Å². The third-order valence-corrected chi connectivity index (χ3v) is 2.86. The van der Waals surface area contributed by atoms with Crippen molar-refractivity contribution >= 4 is 5.91 Å². The Kier molecular flexibility index (Phi) is 2.27. The van der Waals surface area contributed by atoms with Gasteiger partial charge in [-0.05, 0) is 6.42 Å². The third-order valence-electron chi connectivity index (χ3n) is 2.86. The molecule has 4 heteroatoms. The summed E-state index contributed by atoms with van der Waals surface area (Å²) in [6.07, 6.45) is 1.53. The topological polar surface area (TPSA) is 57.8 Å². The zero-order valence-corrected chi connectivity index (χ0v) is 8.55. The number of rotatable bonds is 2. The highest BCUT2D eigenvalue weighted by molar-refractivity contribution is 5.80. The summed E-state index contributed by atoms with van der Waals surface area (Å²) in [5.74, 6) is 0.532. The van der Waals surface area contributed by atoms with Gasteiger partial charge in [-0.3, -0.25) is 9.89 Å². The summed E-state index contributed by atoms with van der Waals surface area (Å²) in [5, 5.41) is 10.1. The summed E-state index contributed by atoms with van der Waals surface area (Å²) in [6, 6.07) is 0. The van der Waals surface area contributed by atoms with Gasteiger partial charge in [-0.2, -0.15) is 5.10 Å². The number of nitrogens with zero attached hydrogens (tertiary/aromatic N) is 1. The van der Waals surface area contributed by atoms with Gasteiger partial charge in [0, 0.05) is 11.5 Å². The monoisotopic (exact) mass is 193 g/mol. The standard InChI is InChI=1S/C10H15N3O/c1-3-6(2)10-7-4-9(14)11-5-8(7)12-13-10/h6H,3-5H2,1-2H3,(H,11,14)(H,12,13). The number of fused-ring (bicyclic) bond motifs is 1. The van der Waals surface area contributed by atoms with Crippen molar-refractivity contribution in [2.45, 2.75) is 39.2 Å². The molecular formula is C10H15N3O. The average Bonchev–Trinajstić information content (AvgIpc) is 2.59. The second kappa shape index (κ2) is 3.44. The van der Waals surface area contributed by atoms with Crippen LogP contribution in [0.2, 0.25) is 0 Å². The molecule has 0 bridgehead atoms. The van der Waals surface area contributed by atoms with Crippen molar-refractivity contribution < 1.29 is 4.79 Å². The molecule has 0 saturated heterocycles. The van der Waals surface area contributed by atoms with Gasteiger partial charge in [0.15, 0.2) is 0 Å². The molecule has 4 nitrogen and oxygen atoms in total. The van der Waals surface area contributed by atoms with E-state index in [4.69, 9.17) is 0 Å². The Bertz CT molecular complexity index is 356. The van der Waals surface area contributed by atoms with E-state index in [1.807, 2.05) is 0 Å². The van der Waals surface area contributed by atoms with E-state index in [0.717, 1.165) is 23.4 Å². The second-order valence-electron chi connectivity index (χ2n) is 3.83. The molecule has 1 aromatic heterocycles. The van der Waals surface area contributed by atoms with Crippen LogP contribution in [0.1, 0.15) is 43.1 Å². The lowest BCUT2D eigenvalue weighted by molar-refractivity contribution is -0.121. The molecular weight excluding hydrogens is 178 g/mol. The van der Waals surface area contributed by atoms with Gasteiger partial charge in [0.1, 0.15) is 0 Å². The molecule has 0 fully saturated rings. The number of hydrogen-bond acceptors (Lipinski definition) is 2. The van der Waals surface area contributed by atoms with Gasteiger partial charge < -0.3 is 5.32 Å². The van der Waals surface area contributed by atoms with Crippen LogP contribution >= 0.6 is 0 Å². The van der Waals surface area contributed by atoms with Crippen molar-refractivity contribution in [2.24, 2.45) is 0 Å². The van der Waals surface area contributed by atoms with E-state index in [9.17, 15) is 4.79 Å². The first kappa shape index (κ1) is 9.24. The van der Waals surface area contributed by atoms with E-state index in [2.05, 4.69) is 29.4 Å². The number of hydrogen-bond donors (Lipinski definition) is 2. The van der Waals surface area contributed by atoms with Crippen LogP contribution in [-0.2, 0) is 17.8 Å². The maximum Gasteiger partial charge on any atom is 0.224 e. The molecule has 76 valence electrons. The fourth-order valence-electron chi connectivity index (χ4n) is 1.77. The summed E-state index contributed by atoms with van der Waals surface area (Å²) in [6.45, 7) is 4.87. The van der Waals surface area contributed by atoms with Gasteiger partial charge in [-0.15, -0.1) is 0 Å². The molecule has 0 spiro atoms. The Labute approximate surface area is 83.1 Å². The minimum Gasteiger partial charge on any atom is -0.350 e. The van der Waals surface area contributed by atoms with E-state index >= 15 is 0 Å². The maximum absolute atomic E-state index is 11.2. The van der Waals surface area contributed by atoms with Crippen LogP contribution in [0.25, 0.3) is 0 Å². The smallest absolute Gasteiger partial charge is 0.224 e. The van der Waals surface area contributed by atoms with Crippen LogP contribution in [0.4, 0.5) is 0 Å². The van der Waals surface area contributed by atoms with Crippen LogP contribution in [0.15, 0.2) is 0 Å². The number of carbonyl (C=O) groups excluding carboxylic acids is 1. The molecule has 0 aromatic carbocycles. The molecule has 0 saturated carbocycles. The molecule has 2 rings (SSSR count). The Morgan fingerprint density at radius 1 is 1.57 bits per heavy atom. The van der Waals surface area contributed by atoms with Crippen molar-refractivity contribution in [3.05, 3.63) is 17.0 Å². The third kappa shape index (κ3) is 1.41. The van der Waals surface area contributed by atoms with Gasteiger partial charge in [0.2, 0.25) is 5.91 Å². The van der Waals surface area contributed by atoms with Crippen molar-refractivity contribution in [2.75, 3.05) is 0 Å². The number of H-pyrrole nitrogens is 1. The summed E-state index contributed by atoms with van der Waals surface area (Å²) >= 11 is 0. The SMILES string of the molecule is CCC(C)c1n[nH]c2c1CC(=O)NC2. The van der Waals surface area contributed by atoms with Gasteiger partial charge in [-0.25, -0.2) is 0 Å². The zero-order valence-electron chi connectivity index (χ0n) is 8.55. The van der Waals surface area contributed by atoms with E-state index in [0.29, 0.717) is 18.9 Å². The van der Waals surface area contributed by atoms with E-state index in [1.54, 1.807) is 0 Å². The normalized spacial score (nSPS) is 17.4. The lowest BCUT2D eigenvalue weighted by Gasteiger charge is -2.14. The molecule has 1 aliphatic heterocycles. The van der Waals surface area contributed by atoms with E-state index < -0.39 is 0 Å². The lowest BCUT2D eigenvalue weighted by atomic mass is 9.96. The first-order valence-corrected chi connectivity index (χ1v) is 5.05. The maximum atomic E-state index is 11.2. The minimum atomic E-state index is 0.100. The van der Waals surface area contributed by atoms with Crippen LogP contribution in [-0.4, -0.2) is 16.1 Å². The summed E-state index contributed by atoms with van der Waals surface area (Å²) in [5.41, 5.74) is 3.25. The van der Waals surface area contributed by atoms with Gasteiger partial charge in [-0.1, -0.05) is 13.8 Å². The Morgan fingerprint density at radius 3 is 3.07 bits per heavy atom. The van der Waals surface area contributed by atoms with Crippen molar-refractivity contribution in [1.29, 1.82) is 0 Å². The summed E-state index contributed by atoms with van der Waals surface area (Å²) in [7, 11) is 0. The lowest BCUT2D eigenvalue weighted by Crippen LogP contribution is -2.30. The van der Waals surface area contributed by atoms with E-state index in [-0.39, 0.29) is 5.91 Å². The van der Waals surface area contributed by atoms with Crippen molar-refractivity contribution in [3.63, 3.8) is 0 Å². The number of aromatic amines is 1. The molecule has 1 atom stereocenters. The Hall–Kier alpha value is -1.32. The molecule has 14 heavy (non-hydrogen) atoms. The van der Waals surface area contributed by atoms with Gasteiger partial charge in [0.05, 0.1) is 24.4 Å². The Morgan fingerprint density at radius 2 is 2.36 bits per heavy atom. The molecule has 0 radical (unpaired) electrons. The van der Waals surface area contributed by atoms with Crippen LogP contribution in [0, 0.1) is 0 Å². The average molecular weight is 193 g/mol. The number of nitrogens with one attached hydrogen (secondary N) is 2. The molecule has 1 amide bonds. The molecule has 1 aliphatic rings. The first-order chi connectivity index (χ1) is 6.72. The molecule has 2 heterocycles. The number of aromatic nitrogens is 2. The largest absolute Gasteiger partial charge is 0.350 e. The number of carbonyl (C=O) groups is 1. The van der Waals surface area contributed by atoms with Crippen LogP contribution in [0.5, 0.6) is 0 Å². The molecule has 1 aromatic rings. The molecule has 2 N–H and O–H groups in total. The fraction of sp³-hybridized carbons (Fsp3) is 0.600. The fourth-order valence-corrected chi connectivity index (χ4v) is 1.77. The first-order valence-electron chi connectivity index (χ1n) is 5.05. The summed E-state index contributed by atoms with van der Waals surface area (Å²) < 4.78 is 0. The summed E-state index contributed by atoms with van der Waals surface area (Å²) in [4.78, 5) is 11.2. The Balaban J connectivity index is 2.35. The number of amides is 1. The van der Waals surface area contributed by atoms with Crippen LogP contribution in [0.3, 0.4) is 0 Å². The highest BCUT2D eigenvalue weighted by Gasteiger charge is 2.23. The highest BCUT2D eigenvalue weighted by Crippen LogP contribution is 2.24. The quantitative estimate of drug-likeness (QED) is 0.738. The van der Waals surface area contributed by atoms with Crippen molar-refractivity contribution in [1.82, 2.24) is 15.5 Å². The van der Waals surface area contributed by atoms with Crippen molar-refractivity contribution in [3.8, 4) is 0 Å². The highest BCUT2D eigenvalue weighted by atomic mass is 16.1. The minimum absolute atomic E-state index is 0.100. The van der Waals surface area contributed by atoms with Crippen LogP contribution < -0.4 is 5.32 Å². The zero-order chi connectivity index (χ0) is 10.1. The predicted octanol–water partition coefficient (Wildman–Crippen LogP) is 1.10. The van der Waals surface area contributed by atoms with E-state index in [1.165, 1.54) is 0 Å². The molecule has 1 unspecified atom stereocenters. The second-order valence-corrected chi connectivity index (χ2v) is 3.83. The van der Waals surface area contributed by atoms with Gasteiger partial charge >= 0.3 is 0 Å². The molecule has 0 aliphatic carbocycles.